The summed E-state index contributed by atoms with van der Waals surface area (Å²) in [6.07, 6.45) is 2.81. The molecule has 0 spiro atoms. The lowest BCUT2D eigenvalue weighted by atomic mass is 9.95. The topological polar surface area (TPSA) is 85.3 Å². The predicted octanol–water partition coefficient (Wildman–Crippen LogP) is 4.72. The number of rotatable bonds is 12. The van der Waals surface area contributed by atoms with Gasteiger partial charge in [-0.15, -0.1) is 0 Å². The number of Topliss-reactive ketones (excluding diaryl/α,β-unsaturated/α-hetero) is 1. The highest BCUT2D eigenvalue weighted by Gasteiger charge is 2.45. The molecule has 2 aromatic carbocycles. The molecule has 1 amide bonds. The van der Waals surface area contributed by atoms with Gasteiger partial charge in [-0.3, -0.25) is 9.59 Å². The first-order valence-corrected chi connectivity index (χ1v) is 11.7. The summed E-state index contributed by atoms with van der Waals surface area (Å²) in [6.45, 7) is 5.76. The van der Waals surface area contributed by atoms with E-state index in [2.05, 4.69) is 6.92 Å². The van der Waals surface area contributed by atoms with Crippen LogP contribution in [0.15, 0.2) is 54.1 Å². The molecule has 34 heavy (non-hydrogen) atoms. The third-order valence-corrected chi connectivity index (χ3v) is 5.62. The maximum Gasteiger partial charge on any atom is 0.295 e. The minimum atomic E-state index is -0.736. The summed E-state index contributed by atoms with van der Waals surface area (Å²) in [6, 6.07) is 13.5. The lowest BCUT2D eigenvalue weighted by molar-refractivity contribution is -0.140. The fourth-order valence-corrected chi connectivity index (χ4v) is 3.84. The average molecular weight is 468 g/mol. The summed E-state index contributed by atoms with van der Waals surface area (Å²) in [5.74, 6) is -0.306. The van der Waals surface area contributed by atoms with E-state index < -0.39 is 17.7 Å². The largest absolute Gasteiger partial charge is 0.507 e. The van der Waals surface area contributed by atoms with Crippen LogP contribution in [-0.4, -0.2) is 55.2 Å². The van der Waals surface area contributed by atoms with Crippen LogP contribution >= 0.6 is 0 Å². The zero-order valence-electron chi connectivity index (χ0n) is 20.1. The molecule has 7 nitrogen and oxygen atoms in total. The van der Waals surface area contributed by atoms with Crippen molar-refractivity contribution >= 4 is 17.4 Å². The van der Waals surface area contributed by atoms with E-state index in [4.69, 9.17) is 14.2 Å². The molecule has 0 bridgehead atoms. The van der Waals surface area contributed by atoms with Crippen LogP contribution in [0.2, 0.25) is 0 Å². The molecule has 0 radical (unpaired) electrons. The van der Waals surface area contributed by atoms with Crippen molar-refractivity contribution < 1.29 is 28.9 Å². The quantitative estimate of drug-likeness (QED) is 0.210. The van der Waals surface area contributed by atoms with E-state index in [9.17, 15) is 14.7 Å². The number of aliphatic hydroxyl groups excluding tert-OH is 1. The Balaban J connectivity index is 2.02. The van der Waals surface area contributed by atoms with Crippen LogP contribution in [0.1, 0.15) is 50.3 Å². The molecule has 3 rings (SSSR count). The van der Waals surface area contributed by atoms with Gasteiger partial charge >= 0.3 is 0 Å². The summed E-state index contributed by atoms with van der Waals surface area (Å²) in [5, 5.41) is 11.2. The van der Waals surface area contributed by atoms with E-state index in [0.29, 0.717) is 35.8 Å². The van der Waals surface area contributed by atoms with Crippen LogP contribution < -0.4 is 9.47 Å². The molecule has 1 aliphatic heterocycles. The number of aliphatic hydroxyl groups is 1. The Bertz CT molecular complexity index is 1010. The van der Waals surface area contributed by atoms with Gasteiger partial charge in [-0.2, -0.15) is 0 Å². The summed E-state index contributed by atoms with van der Waals surface area (Å²) in [5.41, 5.74) is 1.18. The van der Waals surface area contributed by atoms with E-state index in [1.54, 1.807) is 24.3 Å². The molecule has 1 saturated heterocycles. The average Bonchev–Trinajstić information content (AvgIpc) is 3.11. The molecule has 1 heterocycles. The van der Waals surface area contributed by atoms with Crippen LogP contribution in [0.25, 0.3) is 5.76 Å². The van der Waals surface area contributed by atoms with E-state index in [0.717, 1.165) is 19.3 Å². The Morgan fingerprint density at radius 2 is 1.68 bits per heavy atom. The summed E-state index contributed by atoms with van der Waals surface area (Å²) >= 11 is 0. The lowest BCUT2D eigenvalue weighted by Gasteiger charge is -2.25. The van der Waals surface area contributed by atoms with Crippen LogP contribution in [0.5, 0.6) is 11.5 Å². The predicted molar refractivity (Wildman–Crippen MR) is 130 cm³/mol. The van der Waals surface area contributed by atoms with E-state index in [1.165, 1.54) is 12.0 Å². The number of hydrogen-bond donors (Lipinski definition) is 1. The maximum atomic E-state index is 13.1. The van der Waals surface area contributed by atoms with Crippen molar-refractivity contribution in [1.82, 2.24) is 4.90 Å². The molecule has 1 fully saturated rings. The number of ether oxygens (including phenoxy) is 3. The van der Waals surface area contributed by atoms with Crippen molar-refractivity contribution in [2.75, 3.05) is 33.5 Å². The van der Waals surface area contributed by atoms with E-state index in [1.807, 2.05) is 31.2 Å². The molecule has 182 valence electrons. The van der Waals surface area contributed by atoms with Gasteiger partial charge < -0.3 is 24.2 Å². The Labute approximate surface area is 200 Å². The molecule has 7 heteroatoms. The number of benzene rings is 2. The summed E-state index contributed by atoms with van der Waals surface area (Å²) in [4.78, 5) is 27.4. The Hall–Kier alpha value is -3.32. The van der Waals surface area contributed by atoms with Crippen LogP contribution in [-0.2, 0) is 14.3 Å². The van der Waals surface area contributed by atoms with Crippen molar-refractivity contribution in [2.45, 2.75) is 39.2 Å². The van der Waals surface area contributed by atoms with Gasteiger partial charge in [-0.1, -0.05) is 44.5 Å². The number of hydrogen-bond acceptors (Lipinski definition) is 6. The fraction of sp³-hybridized carbons (Fsp3) is 0.407. The molecule has 1 N–H and O–H groups in total. The Kier molecular flexibility index (Phi) is 9.10. The first-order chi connectivity index (χ1) is 16.5. The number of methoxy groups -OCH3 is 1. The number of carbonyl (C=O) groups excluding carboxylic acids is 2. The van der Waals surface area contributed by atoms with Gasteiger partial charge in [0.05, 0.1) is 31.4 Å². The molecule has 1 atom stereocenters. The lowest BCUT2D eigenvalue weighted by Crippen LogP contribution is -2.32. The molecule has 0 aromatic heterocycles. The number of amides is 1. The third kappa shape index (κ3) is 5.78. The highest BCUT2D eigenvalue weighted by atomic mass is 16.5. The van der Waals surface area contributed by atoms with Gasteiger partial charge in [0, 0.05) is 19.2 Å². The second-order valence-corrected chi connectivity index (χ2v) is 8.13. The standard InChI is InChI=1S/C27H33NO6/c1-4-6-16-34-22-9-7-8-20(18-22)25(29)23-24(28(14-17-32-3)27(31)26(23)30)19-10-12-21(13-11-19)33-15-5-2/h7-13,18,24,29H,4-6,14-17H2,1-3H3/b25-23+. The Morgan fingerprint density at radius 3 is 2.35 bits per heavy atom. The van der Waals surface area contributed by atoms with Crippen molar-refractivity contribution in [3.8, 4) is 11.5 Å². The zero-order chi connectivity index (χ0) is 24.5. The van der Waals surface area contributed by atoms with Gasteiger partial charge in [0.15, 0.2) is 0 Å². The summed E-state index contributed by atoms with van der Waals surface area (Å²) in [7, 11) is 1.54. The molecule has 0 saturated carbocycles. The number of ketones is 1. The third-order valence-electron chi connectivity index (χ3n) is 5.62. The van der Waals surface area contributed by atoms with E-state index in [-0.39, 0.29) is 24.5 Å². The number of carbonyl (C=O) groups is 2. The first kappa shape index (κ1) is 25.3. The van der Waals surface area contributed by atoms with Gasteiger partial charge in [-0.05, 0) is 42.7 Å². The van der Waals surface area contributed by atoms with Crippen LogP contribution in [0.4, 0.5) is 0 Å². The molecule has 1 aliphatic rings. The van der Waals surface area contributed by atoms with Gasteiger partial charge in [0.1, 0.15) is 17.3 Å². The molecular formula is C27H33NO6. The normalized spacial score (nSPS) is 17.3. The van der Waals surface area contributed by atoms with Gasteiger partial charge in [0.25, 0.3) is 11.7 Å². The van der Waals surface area contributed by atoms with Crippen molar-refractivity contribution in [3.63, 3.8) is 0 Å². The number of likely N-dealkylation sites (tertiary alicyclic amines) is 1. The minimum Gasteiger partial charge on any atom is -0.507 e. The molecule has 2 aromatic rings. The molecular weight excluding hydrogens is 434 g/mol. The first-order valence-electron chi connectivity index (χ1n) is 11.7. The zero-order valence-corrected chi connectivity index (χ0v) is 20.1. The number of nitrogens with zero attached hydrogens (tertiary/aromatic N) is 1. The highest BCUT2D eigenvalue weighted by molar-refractivity contribution is 6.46. The SMILES string of the molecule is CCCCOc1cccc(/C(O)=C2\C(=O)C(=O)N(CCOC)C2c2ccc(OCCC)cc2)c1. The number of unbranched alkanes of at least 4 members (excludes halogenated alkanes) is 1. The van der Waals surface area contributed by atoms with Gasteiger partial charge in [-0.25, -0.2) is 0 Å². The van der Waals surface area contributed by atoms with Crippen molar-refractivity contribution in [3.05, 3.63) is 65.2 Å². The second-order valence-electron chi connectivity index (χ2n) is 8.13. The molecule has 0 aliphatic carbocycles. The highest BCUT2D eigenvalue weighted by Crippen LogP contribution is 2.40. The van der Waals surface area contributed by atoms with Crippen molar-refractivity contribution in [1.29, 1.82) is 0 Å². The fourth-order valence-electron chi connectivity index (χ4n) is 3.84. The second kappa shape index (κ2) is 12.2. The summed E-state index contributed by atoms with van der Waals surface area (Å²) < 4.78 is 16.6. The molecule has 1 unspecified atom stereocenters. The Morgan fingerprint density at radius 1 is 0.941 bits per heavy atom. The smallest absolute Gasteiger partial charge is 0.295 e. The maximum absolute atomic E-state index is 13.1. The van der Waals surface area contributed by atoms with Crippen molar-refractivity contribution in [2.24, 2.45) is 0 Å². The van der Waals surface area contributed by atoms with Crippen LogP contribution in [0.3, 0.4) is 0 Å². The van der Waals surface area contributed by atoms with Gasteiger partial charge in [0.2, 0.25) is 0 Å². The van der Waals surface area contributed by atoms with Crippen LogP contribution in [0, 0.1) is 0 Å². The monoisotopic (exact) mass is 467 g/mol. The van der Waals surface area contributed by atoms with E-state index >= 15 is 0 Å². The minimum absolute atomic E-state index is 0.0500.